The summed E-state index contributed by atoms with van der Waals surface area (Å²) < 4.78 is 35.2. The first-order chi connectivity index (χ1) is 14.6. The van der Waals surface area contributed by atoms with Crippen molar-refractivity contribution in [3.63, 3.8) is 0 Å². The molecule has 166 valence electrons. The van der Waals surface area contributed by atoms with Gasteiger partial charge >= 0.3 is 0 Å². The number of fused-ring (bicyclic) bond motifs is 1. The molecular weight excluding hydrogens is 422 g/mol. The first-order valence-electron chi connectivity index (χ1n) is 9.70. The Kier molecular flexibility index (Phi) is 6.49. The average molecular weight is 448 g/mol. The Hall–Kier alpha value is -3.14. The molecule has 1 aliphatic rings. The molecule has 2 aromatic rings. The molecule has 0 bridgehead atoms. The van der Waals surface area contributed by atoms with E-state index in [1.54, 1.807) is 37.3 Å². The second-order valence-corrected chi connectivity index (χ2v) is 9.42. The van der Waals surface area contributed by atoms with Crippen molar-refractivity contribution in [3.05, 3.63) is 47.2 Å². The minimum absolute atomic E-state index is 0.194. The molecule has 2 heterocycles. The molecular formula is C21H25N3O6S. The van der Waals surface area contributed by atoms with Crippen LogP contribution in [0.3, 0.4) is 0 Å². The van der Waals surface area contributed by atoms with Gasteiger partial charge in [0.15, 0.2) is 5.75 Å². The van der Waals surface area contributed by atoms with E-state index in [-0.39, 0.29) is 30.0 Å². The topological polar surface area (TPSA) is 115 Å². The zero-order valence-electron chi connectivity index (χ0n) is 17.8. The van der Waals surface area contributed by atoms with E-state index < -0.39 is 15.9 Å². The molecule has 1 aromatic carbocycles. The van der Waals surface area contributed by atoms with Crippen LogP contribution in [0.2, 0.25) is 0 Å². The van der Waals surface area contributed by atoms with Crippen LogP contribution < -0.4 is 14.8 Å². The predicted molar refractivity (Wildman–Crippen MR) is 115 cm³/mol. The number of ether oxygens (including phenoxy) is 2. The molecule has 0 saturated carbocycles. The Morgan fingerprint density at radius 2 is 2.03 bits per heavy atom. The van der Waals surface area contributed by atoms with E-state index in [0.717, 1.165) is 6.26 Å². The van der Waals surface area contributed by atoms with Crippen molar-refractivity contribution < 1.29 is 27.5 Å². The molecule has 0 saturated heterocycles. The smallest absolute Gasteiger partial charge is 0.257 e. The lowest BCUT2D eigenvalue weighted by molar-refractivity contribution is -0.114. The fraction of sp³-hybridized carbons (Fsp3) is 0.381. The molecule has 9 nitrogen and oxygen atoms in total. The summed E-state index contributed by atoms with van der Waals surface area (Å²) in [6.45, 7) is 3.70. The SMILES string of the molecule is CCOc1nc([C@@H](CS(C)(=O)=O)N2Cc3cccc(NC(C)=O)c3C2=O)ccc1OC. The minimum atomic E-state index is -3.47. The summed E-state index contributed by atoms with van der Waals surface area (Å²) in [4.78, 5) is 30.8. The van der Waals surface area contributed by atoms with Gasteiger partial charge in [-0.1, -0.05) is 12.1 Å². The van der Waals surface area contributed by atoms with Gasteiger partial charge in [-0.15, -0.1) is 0 Å². The summed E-state index contributed by atoms with van der Waals surface area (Å²) in [6.07, 6.45) is 1.11. The van der Waals surface area contributed by atoms with E-state index in [1.165, 1.54) is 18.9 Å². The van der Waals surface area contributed by atoms with Gasteiger partial charge in [0.05, 0.1) is 42.5 Å². The van der Waals surface area contributed by atoms with Crippen LogP contribution in [-0.2, 0) is 21.2 Å². The molecule has 3 rings (SSSR count). The van der Waals surface area contributed by atoms with Gasteiger partial charge in [-0.05, 0) is 30.7 Å². The van der Waals surface area contributed by atoms with Crippen molar-refractivity contribution >= 4 is 27.3 Å². The van der Waals surface area contributed by atoms with Crippen molar-refractivity contribution in [3.8, 4) is 11.6 Å². The fourth-order valence-electron chi connectivity index (χ4n) is 3.57. The van der Waals surface area contributed by atoms with E-state index in [1.807, 2.05) is 0 Å². The predicted octanol–water partition coefficient (Wildman–Crippen LogP) is 2.19. The van der Waals surface area contributed by atoms with E-state index in [0.29, 0.717) is 34.9 Å². The molecule has 1 aromatic heterocycles. The van der Waals surface area contributed by atoms with E-state index in [4.69, 9.17) is 9.47 Å². The maximum atomic E-state index is 13.3. The number of anilines is 1. The largest absolute Gasteiger partial charge is 0.491 e. The lowest BCUT2D eigenvalue weighted by Gasteiger charge is -2.27. The lowest BCUT2D eigenvalue weighted by atomic mass is 10.1. The number of methoxy groups -OCH3 is 1. The van der Waals surface area contributed by atoms with Crippen LogP contribution in [0.4, 0.5) is 5.69 Å². The minimum Gasteiger partial charge on any atom is -0.491 e. The van der Waals surface area contributed by atoms with Crippen LogP contribution >= 0.6 is 0 Å². The van der Waals surface area contributed by atoms with E-state index >= 15 is 0 Å². The van der Waals surface area contributed by atoms with Gasteiger partial charge in [-0.3, -0.25) is 9.59 Å². The Labute approximate surface area is 181 Å². The van der Waals surface area contributed by atoms with Crippen LogP contribution in [0.1, 0.15) is 41.5 Å². The van der Waals surface area contributed by atoms with Crippen LogP contribution in [0.5, 0.6) is 11.6 Å². The number of rotatable bonds is 8. The van der Waals surface area contributed by atoms with Crippen molar-refractivity contribution in [2.45, 2.75) is 26.4 Å². The number of benzene rings is 1. The van der Waals surface area contributed by atoms with Crippen molar-refractivity contribution in [1.29, 1.82) is 0 Å². The third-order valence-corrected chi connectivity index (χ3v) is 5.72. The summed E-state index contributed by atoms with van der Waals surface area (Å²) in [6, 6.07) is 7.59. The normalized spacial score (nSPS) is 14.2. The van der Waals surface area contributed by atoms with Gasteiger partial charge in [0.25, 0.3) is 11.8 Å². The molecule has 2 amide bonds. The maximum absolute atomic E-state index is 13.3. The van der Waals surface area contributed by atoms with Crippen LogP contribution in [0, 0.1) is 0 Å². The zero-order valence-corrected chi connectivity index (χ0v) is 18.7. The second-order valence-electron chi connectivity index (χ2n) is 7.24. The molecule has 0 fully saturated rings. The van der Waals surface area contributed by atoms with Crippen molar-refractivity contribution in [1.82, 2.24) is 9.88 Å². The van der Waals surface area contributed by atoms with Crippen LogP contribution in [-0.4, -0.2) is 55.8 Å². The standard InChI is InChI=1S/C21H25N3O6S/c1-5-30-20-18(29-3)10-9-15(23-20)17(12-31(4,27)28)24-11-14-7-6-8-16(22-13(2)25)19(14)21(24)26/h6-10,17H,5,11-12H2,1-4H3,(H,22,25)/t17-/m1/s1. The number of sulfone groups is 1. The number of aromatic nitrogens is 1. The van der Waals surface area contributed by atoms with E-state index in [9.17, 15) is 18.0 Å². The highest BCUT2D eigenvalue weighted by atomic mass is 32.2. The van der Waals surface area contributed by atoms with E-state index in [2.05, 4.69) is 10.3 Å². The molecule has 31 heavy (non-hydrogen) atoms. The lowest BCUT2D eigenvalue weighted by Crippen LogP contribution is -2.34. The summed E-state index contributed by atoms with van der Waals surface area (Å²) in [5.41, 5.74) is 1.83. The molecule has 0 spiro atoms. The van der Waals surface area contributed by atoms with Gasteiger partial charge in [0.1, 0.15) is 9.84 Å². The Morgan fingerprint density at radius 3 is 2.65 bits per heavy atom. The number of carbonyl (C=O) groups excluding carboxylic acids is 2. The van der Waals surface area contributed by atoms with Gasteiger partial charge in [0, 0.05) is 19.7 Å². The highest BCUT2D eigenvalue weighted by Crippen LogP contribution is 2.37. The first kappa shape index (κ1) is 22.5. The molecule has 0 radical (unpaired) electrons. The Morgan fingerprint density at radius 1 is 1.29 bits per heavy atom. The van der Waals surface area contributed by atoms with Gasteiger partial charge in [-0.25, -0.2) is 13.4 Å². The summed E-state index contributed by atoms with van der Waals surface area (Å²) in [5, 5.41) is 2.67. The third kappa shape index (κ3) is 4.96. The number of carbonyl (C=O) groups is 2. The summed E-state index contributed by atoms with van der Waals surface area (Å²) in [7, 11) is -1.98. The Balaban J connectivity index is 2.06. The molecule has 1 aliphatic heterocycles. The number of amides is 2. The van der Waals surface area contributed by atoms with Crippen molar-refractivity contribution in [2.75, 3.05) is 31.0 Å². The first-order valence-corrected chi connectivity index (χ1v) is 11.8. The third-order valence-electron chi connectivity index (χ3n) is 4.80. The maximum Gasteiger partial charge on any atom is 0.257 e. The van der Waals surface area contributed by atoms with Crippen LogP contribution in [0.15, 0.2) is 30.3 Å². The number of nitrogens with zero attached hydrogens (tertiary/aromatic N) is 2. The highest BCUT2D eigenvalue weighted by molar-refractivity contribution is 7.90. The number of pyridine rings is 1. The van der Waals surface area contributed by atoms with Gasteiger partial charge < -0.3 is 19.7 Å². The molecule has 10 heteroatoms. The van der Waals surface area contributed by atoms with Crippen molar-refractivity contribution in [2.24, 2.45) is 0 Å². The number of hydrogen-bond donors (Lipinski definition) is 1. The number of nitrogens with one attached hydrogen (secondary N) is 1. The molecule has 1 atom stereocenters. The quantitative estimate of drug-likeness (QED) is 0.660. The van der Waals surface area contributed by atoms with Gasteiger partial charge in [0.2, 0.25) is 5.91 Å². The van der Waals surface area contributed by atoms with Gasteiger partial charge in [-0.2, -0.15) is 0 Å². The van der Waals surface area contributed by atoms with Crippen LogP contribution in [0.25, 0.3) is 0 Å². The number of hydrogen-bond acceptors (Lipinski definition) is 7. The molecule has 0 unspecified atom stereocenters. The average Bonchev–Trinajstić information content (AvgIpc) is 3.03. The molecule has 0 aliphatic carbocycles. The zero-order chi connectivity index (χ0) is 22.8. The summed E-state index contributed by atoms with van der Waals surface area (Å²) in [5.74, 6) is -0.349. The summed E-state index contributed by atoms with van der Waals surface area (Å²) >= 11 is 0. The highest BCUT2D eigenvalue weighted by Gasteiger charge is 2.37. The fourth-order valence-corrected chi connectivity index (χ4v) is 4.50. The molecule has 1 N–H and O–H groups in total. The second kappa shape index (κ2) is 8.93. The monoisotopic (exact) mass is 447 g/mol. The Bertz CT molecular complexity index is 1120.